The third kappa shape index (κ3) is 44.5. The van der Waals surface area contributed by atoms with E-state index in [1.807, 2.05) is 0 Å². The Morgan fingerprint density at radius 2 is 1.40 bits per heavy atom. The fourth-order valence-electron chi connectivity index (χ4n) is 0. The summed E-state index contributed by atoms with van der Waals surface area (Å²) >= 11 is 0. The topological polar surface area (TPSA) is 0 Å². The van der Waals surface area contributed by atoms with Crippen LogP contribution in [0.2, 0.25) is 0 Å². The predicted molar refractivity (Wildman–Crippen MR) is 20.3 cm³/mol. The molecule has 0 amide bonds. The first-order valence-corrected chi connectivity index (χ1v) is 1.93. The van der Waals surface area contributed by atoms with E-state index in [9.17, 15) is 0 Å². The van der Waals surface area contributed by atoms with Gasteiger partial charge in [-0.2, -0.15) is 0 Å². The van der Waals surface area contributed by atoms with Crippen molar-refractivity contribution in [3.05, 3.63) is 0 Å². The highest BCUT2D eigenvalue weighted by atomic mass is 35.5. The van der Waals surface area contributed by atoms with Gasteiger partial charge >= 0.3 is 0 Å². The van der Waals surface area contributed by atoms with Crippen molar-refractivity contribution in [1.82, 2.24) is 0 Å². The van der Waals surface area contributed by atoms with Crippen molar-refractivity contribution >= 4 is 9.24 Å². The molecule has 0 nitrogen and oxygen atoms in total. The quantitative estimate of drug-likeness (QED) is 0.290. The van der Waals surface area contributed by atoms with Crippen LogP contribution in [0.5, 0.6) is 0 Å². The molecule has 0 aliphatic heterocycles. The minimum Gasteiger partial charge on any atom is -1.00 e. The molecular weight excluding hydrogens is 126 g/mol. The van der Waals surface area contributed by atoms with Gasteiger partial charge in [0.25, 0.3) is 0 Å². The summed E-state index contributed by atoms with van der Waals surface area (Å²) in [5.41, 5.74) is 0. The molecule has 0 aromatic rings. The van der Waals surface area contributed by atoms with E-state index in [-0.39, 0.29) is 24.8 Å². The zero-order valence-corrected chi connectivity index (χ0v) is 5.71. The van der Waals surface area contributed by atoms with Crippen molar-refractivity contribution in [2.75, 3.05) is 6.16 Å². The lowest BCUT2D eigenvalue weighted by Gasteiger charge is -1.48. The van der Waals surface area contributed by atoms with Crippen molar-refractivity contribution in [1.29, 1.82) is 0 Å². The van der Waals surface area contributed by atoms with Crippen LogP contribution in [0.25, 0.3) is 0 Å². The van der Waals surface area contributed by atoms with Crippen molar-refractivity contribution < 1.29 is 24.8 Å². The van der Waals surface area contributed by atoms with Crippen molar-refractivity contribution in [2.24, 2.45) is 0 Å². The van der Waals surface area contributed by atoms with Crippen LogP contribution in [0, 0.1) is 0 Å². The first-order chi connectivity index (χ1) is 1.41. The zero-order chi connectivity index (χ0) is 2.71. The molecule has 0 saturated heterocycles. The van der Waals surface area contributed by atoms with Gasteiger partial charge < -0.3 is 24.8 Å². The van der Waals surface area contributed by atoms with Crippen LogP contribution in [0.15, 0.2) is 0 Å². The molecule has 0 fully saturated rings. The Morgan fingerprint density at radius 3 is 1.40 bits per heavy atom. The van der Waals surface area contributed by atoms with Crippen molar-refractivity contribution in [2.45, 2.75) is 6.92 Å². The molecule has 0 aliphatic rings. The van der Waals surface area contributed by atoms with E-state index < -0.39 is 0 Å². The van der Waals surface area contributed by atoms with Crippen LogP contribution in [-0.4, -0.2) is 6.16 Å². The number of hydrogen-bond donors (Lipinski definition) is 0. The second-order valence-corrected chi connectivity index (χ2v) is 1.22. The maximum atomic E-state index is 2.58. The van der Waals surface area contributed by atoms with Gasteiger partial charge in [0.2, 0.25) is 0 Å². The summed E-state index contributed by atoms with van der Waals surface area (Å²) in [5, 5.41) is 0. The molecule has 0 bridgehead atoms. The van der Waals surface area contributed by atoms with Gasteiger partial charge in [0.05, 0.1) is 0 Å². The molecule has 1 unspecified atom stereocenters. The minimum absolute atomic E-state index is 0. The normalized spacial score (nSPS) is 3.60. The largest absolute Gasteiger partial charge is 1.00 e. The third-order valence-electron chi connectivity index (χ3n) is 0. The van der Waals surface area contributed by atoms with Gasteiger partial charge in [-0.25, -0.2) is 0 Å². The van der Waals surface area contributed by atoms with E-state index in [4.69, 9.17) is 0 Å². The van der Waals surface area contributed by atoms with Crippen LogP contribution in [0.4, 0.5) is 0 Å². The van der Waals surface area contributed by atoms with Crippen molar-refractivity contribution in [3.8, 4) is 0 Å². The van der Waals surface area contributed by atoms with Crippen LogP contribution in [-0.2, 0) is 0 Å². The fraction of sp³-hybridized carbons (Fsp3) is 1.00. The molecule has 0 saturated carbocycles. The maximum absolute atomic E-state index is 2.58. The summed E-state index contributed by atoms with van der Waals surface area (Å²) in [4.78, 5) is 0. The lowest BCUT2D eigenvalue weighted by molar-refractivity contribution is -0.00100. The zero-order valence-electron chi connectivity index (χ0n) is 3.04. The number of hydrogen-bond acceptors (Lipinski definition) is 0. The highest BCUT2D eigenvalue weighted by molar-refractivity contribution is 7.16. The van der Waals surface area contributed by atoms with Gasteiger partial charge in [-0.05, 0) is 6.16 Å². The molecule has 0 rings (SSSR count). The van der Waals surface area contributed by atoms with Crippen molar-refractivity contribution in [3.63, 3.8) is 0 Å². The summed E-state index contributed by atoms with van der Waals surface area (Å²) in [5.74, 6) is 0. The van der Waals surface area contributed by atoms with Gasteiger partial charge in [0, 0.05) is 0 Å². The molecule has 1 atom stereocenters. The first kappa shape index (κ1) is 16.7. The molecular formula is C2H7Cl2P-2. The average molecular weight is 133 g/mol. The summed E-state index contributed by atoms with van der Waals surface area (Å²) in [6.07, 6.45) is 1.17. The smallest absolute Gasteiger partial charge is 0.0410 e. The SMILES string of the molecule is CCP.[Cl-].[Cl-]. The molecule has 5 heavy (non-hydrogen) atoms. The Balaban J connectivity index is -0.0000000200. The Morgan fingerprint density at radius 1 is 1.40 bits per heavy atom. The monoisotopic (exact) mass is 132 g/mol. The predicted octanol–water partition coefficient (Wildman–Crippen LogP) is -5.11. The first-order valence-electron chi connectivity index (χ1n) is 1.12. The molecule has 0 spiro atoms. The summed E-state index contributed by atoms with van der Waals surface area (Å²) in [6.45, 7) is 2.09. The lowest BCUT2D eigenvalue weighted by Crippen LogP contribution is -3.00. The van der Waals surface area contributed by atoms with Gasteiger partial charge in [-0.1, -0.05) is 6.92 Å². The van der Waals surface area contributed by atoms with Crippen LogP contribution in [0.3, 0.4) is 0 Å². The molecule has 0 heterocycles. The number of rotatable bonds is 0. The summed E-state index contributed by atoms with van der Waals surface area (Å²) < 4.78 is 0. The third-order valence-corrected chi connectivity index (χ3v) is 0. The summed E-state index contributed by atoms with van der Waals surface area (Å²) in [6, 6.07) is 0. The highest BCUT2D eigenvalue weighted by Gasteiger charge is 1.35. The van der Waals surface area contributed by atoms with Gasteiger partial charge in [-0.15, -0.1) is 9.24 Å². The molecule has 0 aromatic carbocycles. The molecule has 0 N–H and O–H groups in total. The molecule has 0 aliphatic carbocycles. The van der Waals surface area contributed by atoms with E-state index in [0.29, 0.717) is 0 Å². The average Bonchev–Trinajstić information content (AvgIpc) is 0.918. The van der Waals surface area contributed by atoms with Crippen LogP contribution in [0.1, 0.15) is 6.92 Å². The Bertz CT molecular complexity index is 7.61. The second-order valence-electron chi connectivity index (χ2n) is 0.408. The highest BCUT2D eigenvalue weighted by Crippen LogP contribution is 1.68. The molecule has 0 aromatic heterocycles. The van der Waals surface area contributed by atoms with E-state index in [1.54, 1.807) is 0 Å². The standard InChI is InChI=1S/C2H7P.2ClH/c1-2-3;;/h2-3H2,1H3;2*1H/p-2. The van der Waals surface area contributed by atoms with E-state index in [1.165, 1.54) is 6.16 Å². The Labute approximate surface area is 47.7 Å². The summed E-state index contributed by atoms with van der Waals surface area (Å²) in [7, 11) is 2.58. The molecule has 3 heteroatoms. The van der Waals surface area contributed by atoms with Gasteiger partial charge in [0.15, 0.2) is 0 Å². The fourth-order valence-corrected chi connectivity index (χ4v) is 0. The van der Waals surface area contributed by atoms with Crippen LogP contribution >= 0.6 is 9.24 Å². The van der Waals surface area contributed by atoms with Gasteiger partial charge in [-0.3, -0.25) is 0 Å². The van der Waals surface area contributed by atoms with E-state index in [2.05, 4.69) is 16.2 Å². The minimum atomic E-state index is 0. The number of halogens is 2. The Kier molecular flexibility index (Phi) is 66.4. The van der Waals surface area contributed by atoms with Gasteiger partial charge in [0.1, 0.15) is 0 Å². The van der Waals surface area contributed by atoms with E-state index >= 15 is 0 Å². The Hall–Kier alpha value is 1.01. The van der Waals surface area contributed by atoms with E-state index in [0.717, 1.165) is 0 Å². The molecule has 0 radical (unpaired) electrons. The molecule has 36 valence electrons. The second kappa shape index (κ2) is 19.9. The maximum Gasteiger partial charge on any atom is -0.0410 e. The lowest BCUT2D eigenvalue weighted by atomic mass is 11.0. The van der Waals surface area contributed by atoms with Crippen LogP contribution < -0.4 is 24.8 Å².